The fourth-order valence-electron chi connectivity index (χ4n) is 4.51. The molecule has 0 aliphatic carbocycles. The summed E-state index contributed by atoms with van der Waals surface area (Å²) in [7, 11) is -3.10. The topological polar surface area (TPSA) is 32.3 Å². The molecule has 4 heteroatoms. The average Bonchev–Trinajstić information content (AvgIpc) is 2.74. The molecule has 3 aromatic carbocycles. The molecule has 3 nitrogen and oxygen atoms in total. The Morgan fingerprint density at radius 1 is 0.750 bits per heavy atom. The molecule has 0 radical (unpaired) electrons. The van der Waals surface area contributed by atoms with Gasteiger partial charge in [0.2, 0.25) is 0 Å². The van der Waals surface area contributed by atoms with Crippen molar-refractivity contribution in [2.24, 2.45) is 0 Å². The van der Waals surface area contributed by atoms with Crippen molar-refractivity contribution in [2.45, 2.75) is 53.6 Å². The Kier molecular flexibility index (Phi) is 6.16. The minimum atomic E-state index is -3.10. The highest BCUT2D eigenvalue weighted by atomic mass is 31.2. The third kappa shape index (κ3) is 3.96. The van der Waals surface area contributed by atoms with Crippen LogP contribution in [0.5, 0.6) is 0 Å². The minimum absolute atomic E-state index is 0.0391. The van der Waals surface area contributed by atoms with Crippen molar-refractivity contribution in [3.63, 3.8) is 0 Å². The van der Waals surface area contributed by atoms with Crippen molar-refractivity contribution in [1.82, 2.24) is 9.76 Å². The van der Waals surface area contributed by atoms with Gasteiger partial charge in [-0.3, -0.25) is 4.57 Å². The number of fused-ring (bicyclic) bond motifs is 1. The Hall–Kier alpha value is -2.61. The summed E-state index contributed by atoms with van der Waals surface area (Å²) in [4.78, 5) is 0. The summed E-state index contributed by atoms with van der Waals surface area (Å²) in [6.45, 7) is 12.6. The molecule has 0 saturated carbocycles. The highest BCUT2D eigenvalue weighted by Gasteiger charge is 2.44. The van der Waals surface area contributed by atoms with E-state index >= 15 is 0 Å². The summed E-state index contributed by atoms with van der Waals surface area (Å²) in [5.74, 6) is 0. The lowest BCUT2D eigenvalue weighted by molar-refractivity contribution is 0.446. The molecule has 1 unspecified atom stereocenters. The van der Waals surface area contributed by atoms with Crippen LogP contribution in [-0.4, -0.2) is 16.8 Å². The maximum absolute atomic E-state index is 14.9. The zero-order valence-corrected chi connectivity index (χ0v) is 20.8. The van der Waals surface area contributed by atoms with Gasteiger partial charge in [0.15, 0.2) is 0 Å². The van der Waals surface area contributed by atoms with E-state index in [-0.39, 0.29) is 12.1 Å². The van der Waals surface area contributed by atoms with Crippen molar-refractivity contribution in [3.8, 4) is 0 Å². The molecule has 1 atom stereocenters. The van der Waals surface area contributed by atoms with E-state index in [2.05, 4.69) is 106 Å². The lowest BCUT2D eigenvalue weighted by Gasteiger charge is -2.45. The van der Waals surface area contributed by atoms with Gasteiger partial charge in [0.25, 0.3) is 7.44 Å². The van der Waals surface area contributed by atoms with Gasteiger partial charge in [-0.15, -0.1) is 0 Å². The van der Waals surface area contributed by atoms with E-state index in [4.69, 9.17) is 0 Å². The van der Waals surface area contributed by atoms with Gasteiger partial charge in [0.1, 0.15) is 0 Å². The fraction of sp³-hybridized carbons (Fsp3) is 0.286. The molecule has 4 rings (SSSR count). The van der Waals surface area contributed by atoms with E-state index in [0.29, 0.717) is 0 Å². The summed E-state index contributed by atoms with van der Waals surface area (Å²) < 4.78 is 17.0. The molecule has 0 bridgehead atoms. The van der Waals surface area contributed by atoms with Crippen molar-refractivity contribution in [1.29, 1.82) is 0 Å². The standard InChI is InChI=1S/C28H33N2OP/c1-19(2)29-32(31)26-10-8-7-9-25(26)27(23-15-11-21(5)12-16-23)28(30(32)20(3)4)24-17-13-22(6)14-18-24/h7-20H,1-6H3,(H,29,31). The minimum Gasteiger partial charge on any atom is -0.304 e. The monoisotopic (exact) mass is 444 g/mol. The van der Waals surface area contributed by atoms with E-state index < -0.39 is 7.44 Å². The molecular formula is C28H33N2OP. The number of hydrogen-bond donors (Lipinski definition) is 1. The predicted molar refractivity (Wildman–Crippen MR) is 137 cm³/mol. The molecule has 32 heavy (non-hydrogen) atoms. The lowest BCUT2D eigenvalue weighted by Crippen LogP contribution is -2.43. The van der Waals surface area contributed by atoms with E-state index in [1.165, 1.54) is 11.1 Å². The van der Waals surface area contributed by atoms with Gasteiger partial charge >= 0.3 is 0 Å². The van der Waals surface area contributed by atoms with Crippen LogP contribution in [0.1, 0.15) is 55.5 Å². The van der Waals surface area contributed by atoms with Crippen LogP contribution in [0.25, 0.3) is 11.3 Å². The molecular weight excluding hydrogens is 411 g/mol. The number of nitrogens with one attached hydrogen (secondary N) is 1. The summed E-state index contributed by atoms with van der Waals surface area (Å²) in [6, 6.07) is 25.5. The fourth-order valence-corrected chi connectivity index (χ4v) is 7.66. The first-order valence-corrected chi connectivity index (χ1v) is 13.0. The summed E-state index contributed by atoms with van der Waals surface area (Å²) in [5, 5.41) is 4.37. The van der Waals surface area contributed by atoms with Crippen LogP contribution in [0.3, 0.4) is 0 Å². The van der Waals surface area contributed by atoms with Crippen LogP contribution >= 0.6 is 7.44 Å². The van der Waals surface area contributed by atoms with Crippen LogP contribution in [0.15, 0.2) is 72.8 Å². The number of nitrogens with zero attached hydrogens (tertiary/aromatic N) is 1. The zero-order valence-electron chi connectivity index (χ0n) is 19.9. The van der Waals surface area contributed by atoms with Crippen LogP contribution < -0.4 is 10.4 Å². The second-order valence-corrected chi connectivity index (χ2v) is 11.6. The molecule has 0 amide bonds. The molecule has 0 spiro atoms. The maximum Gasteiger partial charge on any atom is 0.267 e. The van der Waals surface area contributed by atoms with E-state index in [1.54, 1.807) is 0 Å². The first kappa shape index (κ1) is 22.6. The molecule has 1 N–H and O–H groups in total. The van der Waals surface area contributed by atoms with Gasteiger partial charge < -0.3 is 4.67 Å². The molecule has 0 aromatic heterocycles. The zero-order chi connectivity index (χ0) is 23.0. The normalized spacial score (nSPS) is 18.4. The van der Waals surface area contributed by atoms with Crippen LogP contribution in [0.2, 0.25) is 0 Å². The second-order valence-electron chi connectivity index (χ2n) is 9.27. The molecule has 166 valence electrons. The average molecular weight is 445 g/mol. The smallest absolute Gasteiger partial charge is 0.267 e. The first-order valence-electron chi connectivity index (χ1n) is 11.4. The Morgan fingerprint density at radius 2 is 1.28 bits per heavy atom. The molecule has 1 aliphatic heterocycles. The SMILES string of the molecule is Cc1ccc(C2=C(c3ccc(C)cc3)N(C(C)C)P(=O)(NC(C)C)c3ccccc32)cc1. The van der Waals surface area contributed by atoms with Gasteiger partial charge in [0.05, 0.1) is 11.0 Å². The van der Waals surface area contributed by atoms with Crippen LogP contribution in [0, 0.1) is 13.8 Å². The summed E-state index contributed by atoms with van der Waals surface area (Å²) in [5.41, 5.74) is 7.86. The first-order chi connectivity index (χ1) is 15.2. The van der Waals surface area contributed by atoms with Gasteiger partial charge in [-0.1, -0.05) is 77.9 Å². The lowest BCUT2D eigenvalue weighted by atomic mass is 9.91. The molecule has 1 aliphatic rings. The van der Waals surface area contributed by atoms with E-state index in [9.17, 15) is 4.57 Å². The summed E-state index contributed by atoms with van der Waals surface area (Å²) in [6.07, 6.45) is 0. The van der Waals surface area contributed by atoms with Crippen molar-refractivity contribution < 1.29 is 4.57 Å². The molecule has 0 fully saturated rings. The van der Waals surface area contributed by atoms with Crippen LogP contribution in [0.4, 0.5) is 0 Å². The quantitative estimate of drug-likeness (QED) is 0.441. The van der Waals surface area contributed by atoms with Crippen molar-refractivity contribution in [2.75, 3.05) is 0 Å². The van der Waals surface area contributed by atoms with Crippen molar-refractivity contribution in [3.05, 3.63) is 101 Å². The highest BCUT2D eigenvalue weighted by molar-refractivity contribution is 7.68. The van der Waals surface area contributed by atoms with Gasteiger partial charge in [-0.25, -0.2) is 5.09 Å². The summed E-state index contributed by atoms with van der Waals surface area (Å²) >= 11 is 0. The number of hydrogen-bond acceptors (Lipinski definition) is 1. The largest absolute Gasteiger partial charge is 0.304 e. The molecule has 1 heterocycles. The number of rotatable bonds is 5. The third-order valence-electron chi connectivity index (χ3n) is 5.86. The predicted octanol–water partition coefficient (Wildman–Crippen LogP) is 6.76. The Labute approximate surface area is 192 Å². The van der Waals surface area contributed by atoms with Gasteiger partial charge in [-0.2, -0.15) is 0 Å². The Bertz CT molecular complexity index is 1190. The second kappa shape index (κ2) is 8.73. The Balaban J connectivity index is 2.14. The Morgan fingerprint density at radius 3 is 1.81 bits per heavy atom. The highest BCUT2D eigenvalue weighted by Crippen LogP contribution is 2.58. The van der Waals surface area contributed by atoms with Gasteiger partial charge in [-0.05, 0) is 64.3 Å². The maximum atomic E-state index is 14.9. The number of aryl methyl sites for hydroxylation is 2. The van der Waals surface area contributed by atoms with Crippen LogP contribution in [-0.2, 0) is 4.57 Å². The molecule has 3 aromatic rings. The third-order valence-corrected chi connectivity index (χ3v) is 9.04. The molecule has 0 saturated heterocycles. The van der Waals surface area contributed by atoms with Crippen molar-refractivity contribution >= 4 is 24.0 Å². The number of benzene rings is 3. The van der Waals surface area contributed by atoms with Gasteiger partial charge in [0, 0.05) is 17.7 Å². The van der Waals surface area contributed by atoms with E-state index in [1.807, 2.05) is 18.2 Å². The van der Waals surface area contributed by atoms with E-state index in [0.717, 1.165) is 33.3 Å².